The molecule has 0 unspecified atom stereocenters. The van der Waals surface area contributed by atoms with Crippen molar-refractivity contribution in [3.63, 3.8) is 0 Å². The molecule has 1 saturated heterocycles. The van der Waals surface area contributed by atoms with E-state index in [1.807, 2.05) is 30.3 Å². The lowest BCUT2D eigenvalue weighted by Gasteiger charge is -2.33. The number of hydrogen-bond donors (Lipinski definition) is 0. The summed E-state index contributed by atoms with van der Waals surface area (Å²) < 4.78 is 33.1. The second-order valence-corrected chi connectivity index (χ2v) is 9.41. The zero-order chi connectivity index (χ0) is 20.4. The van der Waals surface area contributed by atoms with Crippen LogP contribution in [-0.2, 0) is 16.6 Å². The molecule has 9 heteroatoms. The van der Waals surface area contributed by atoms with Crippen LogP contribution in [-0.4, -0.2) is 48.8 Å². The van der Waals surface area contributed by atoms with E-state index in [1.54, 1.807) is 18.3 Å². The lowest BCUT2D eigenvalue weighted by molar-refractivity contribution is 0.169. The Morgan fingerprint density at radius 2 is 1.69 bits per heavy atom. The molecule has 4 rings (SSSR count). The van der Waals surface area contributed by atoms with Gasteiger partial charge < -0.3 is 4.42 Å². The van der Waals surface area contributed by atoms with Crippen molar-refractivity contribution in [1.29, 1.82) is 0 Å². The predicted octanol–water partition coefficient (Wildman–Crippen LogP) is 4.15. The summed E-state index contributed by atoms with van der Waals surface area (Å²) in [5.74, 6) is 1.33. The molecule has 2 heterocycles. The van der Waals surface area contributed by atoms with Crippen molar-refractivity contribution in [1.82, 2.24) is 14.2 Å². The van der Waals surface area contributed by atoms with Crippen molar-refractivity contribution in [2.45, 2.75) is 11.4 Å². The molecule has 0 saturated carbocycles. The van der Waals surface area contributed by atoms with Crippen LogP contribution in [0.1, 0.15) is 5.89 Å². The molecule has 0 N–H and O–H groups in total. The average Bonchev–Trinajstić information content (AvgIpc) is 3.19. The first kappa shape index (κ1) is 20.4. The molecule has 1 aliphatic heterocycles. The molecule has 0 spiro atoms. The van der Waals surface area contributed by atoms with Crippen LogP contribution in [0.5, 0.6) is 0 Å². The Labute approximate surface area is 179 Å². The van der Waals surface area contributed by atoms with Crippen LogP contribution in [0, 0.1) is 0 Å². The van der Waals surface area contributed by atoms with Crippen molar-refractivity contribution in [3.05, 3.63) is 70.7 Å². The first-order valence-corrected chi connectivity index (χ1v) is 11.3. The number of nitrogens with zero attached hydrogens (tertiary/aromatic N) is 3. The van der Waals surface area contributed by atoms with Gasteiger partial charge in [0.05, 0.1) is 22.8 Å². The van der Waals surface area contributed by atoms with E-state index in [4.69, 9.17) is 27.6 Å². The van der Waals surface area contributed by atoms with Gasteiger partial charge in [0.1, 0.15) is 4.90 Å². The first-order valence-electron chi connectivity index (χ1n) is 9.12. The molecule has 1 fully saturated rings. The topological polar surface area (TPSA) is 66.7 Å². The van der Waals surface area contributed by atoms with Crippen LogP contribution in [0.15, 0.2) is 64.0 Å². The molecule has 0 amide bonds. The summed E-state index contributed by atoms with van der Waals surface area (Å²) in [6.07, 6.45) is 1.71. The first-order chi connectivity index (χ1) is 13.9. The second kappa shape index (κ2) is 8.45. The van der Waals surface area contributed by atoms with Gasteiger partial charge in [-0.05, 0) is 12.1 Å². The molecular weight excluding hydrogens is 433 g/mol. The lowest BCUT2D eigenvalue weighted by atomic mass is 10.2. The van der Waals surface area contributed by atoms with Crippen molar-refractivity contribution >= 4 is 33.2 Å². The van der Waals surface area contributed by atoms with Crippen LogP contribution < -0.4 is 0 Å². The van der Waals surface area contributed by atoms with Crippen molar-refractivity contribution in [3.8, 4) is 11.3 Å². The van der Waals surface area contributed by atoms with Gasteiger partial charge in [-0.1, -0.05) is 59.6 Å². The summed E-state index contributed by atoms with van der Waals surface area (Å²) in [5.41, 5.74) is 0.973. The number of aromatic nitrogens is 1. The van der Waals surface area contributed by atoms with E-state index < -0.39 is 10.0 Å². The molecule has 0 aliphatic carbocycles. The standard InChI is InChI=1S/C20H19Cl2N3O3S/c21-16-7-4-8-18(20(16)22)29(26,27)25-11-9-24(10-12-25)14-19-23-13-17(28-19)15-5-2-1-3-6-15/h1-8,13H,9-12,14H2. The molecule has 0 bridgehead atoms. The molecule has 0 radical (unpaired) electrons. The molecule has 6 nitrogen and oxygen atoms in total. The maximum Gasteiger partial charge on any atom is 0.244 e. The monoisotopic (exact) mass is 451 g/mol. The zero-order valence-corrected chi connectivity index (χ0v) is 17.8. The summed E-state index contributed by atoms with van der Waals surface area (Å²) in [5, 5.41) is 0.286. The van der Waals surface area contributed by atoms with Crippen LogP contribution in [0.4, 0.5) is 0 Å². The highest BCUT2D eigenvalue weighted by molar-refractivity contribution is 7.89. The highest BCUT2D eigenvalue weighted by atomic mass is 35.5. The Balaban J connectivity index is 1.40. The molecular formula is C20H19Cl2N3O3S. The Kier molecular flexibility index (Phi) is 5.94. The number of rotatable bonds is 5. The molecule has 1 aliphatic rings. The fourth-order valence-electron chi connectivity index (χ4n) is 3.26. The third-order valence-electron chi connectivity index (χ3n) is 4.84. The van der Waals surface area contributed by atoms with Crippen LogP contribution in [0.25, 0.3) is 11.3 Å². The number of benzene rings is 2. The Bertz CT molecular complexity index is 1100. The highest BCUT2D eigenvalue weighted by Crippen LogP contribution is 2.31. The average molecular weight is 452 g/mol. The Morgan fingerprint density at radius 1 is 0.966 bits per heavy atom. The van der Waals surface area contributed by atoms with Gasteiger partial charge in [-0.15, -0.1) is 0 Å². The van der Waals surface area contributed by atoms with Gasteiger partial charge in [-0.3, -0.25) is 4.90 Å². The normalized spacial score (nSPS) is 16.2. The van der Waals surface area contributed by atoms with Gasteiger partial charge in [-0.2, -0.15) is 4.31 Å². The third-order valence-corrected chi connectivity index (χ3v) is 7.71. The van der Waals surface area contributed by atoms with E-state index in [2.05, 4.69) is 9.88 Å². The van der Waals surface area contributed by atoms with Crippen LogP contribution in [0.2, 0.25) is 10.0 Å². The zero-order valence-electron chi connectivity index (χ0n) is 15.5. The second-order valence-electron chi connectivity index (χ2n) is 6.72. The van der Waals surface area contributed by atoms with Crippen molar-refractivity contribution < 1.29 is 12.8 Å². The van der Waals surface area contributed by atoms with Gasteiger partial charge in [0.2, 0.25) is 15.9 Å². The van der Waals surface area contributed by atoms with E-state index in [0.29, 0.717) is 38.6 Å². The van der Waals surface area contributed by atoms with Gasteiger partial charge in [0.15, 0.2) is 5.76 Å². The summed E-state index contributed by atoms with van der Waals surface area (Å²) in [6.45, 7) is 2.38. The van der Waals surface area contributed by atoms with E-state index in [1.165, 1.54) is 10.4 Å². The van der Waals surface area contributed by atoms with Gasteiger partial charge in [-0.25, -0.2) is 13.4 Å². The Hall–Kier alpha value is -1.90. The maximum absolute atomic E-state index is 12.9. The molecule has 29 heavy (non-hydrogen) atoms. The minimum atomic E-state index is -3.69. The van der Waals surface area contributed by atoms with E-state index in [0.717, 1.165) is 11.3 Å². The molecule has 3 aromatic rings. The quantitative estimate of drug-likeness (QED) is 0.582. The van der Waals surface area contributed by atoms with E-state index in [9.17, 15) is 8.42 Å². The number of sulfonamides is 1. The lowest BCUT2D eigenvalue weighted by Crippen LogP contribution is -2.48. The molecule has 1 aromatic heterocycles. The number of oxazole rings is 1. The van der Waals surface area contributed by atoms with Crippen molar-refractivity contribution in [2.24, 2.45) is 0 Å². The fraction of sp³-hybridized carbons (Fsp3) is 0.250. The van der Waals surface area contributed by atoms with Crippen LogP contribution >= 0.6 is 23.2 Å². The highest BCUT2D eigenvalue weighted by Gasteiger charge is 2.31. The molecule has 2 aromatic carbocycles. The van der Waals surface area contributed by atoms with E-state index >= 15 is 0 Å². The van der Waals surface area contributed by atoms with E-state index in [-0.39, 0.29) is 14.9 Å². The largest absolute Gasteiger partial charge is 0.439 e. The number of hydrogen-bond acceptors (Lipinski definition) is 5. The molecule has 152 valence electrons. The van der Waals surface area contributed by atoms with Crippen molar-refractivity contribution in [2.75, 3.05) is 26.2 Å². The molecule has 0 atom stereocenters. The summed E-state index contributed by atoms with van der Waals surface area (Å²) in [4.78, 5) is 6.51. The smallest absolute Gasteiger partial charge is 0.244 e. The fourth-order valence-corrected chi connectivity index (χ4v) is 5.42. The third kappa shape index (κ3) is 4.34. The van der Waals surface area contributed by atoms with Gasteiger partial charge in [0.25, 0.3) is 0 Å². The Morgan fingerprint density at radius 3 is 2.41 bits per heavy atom. The summed E-state index contributed by atoms with van der Waals surface area (Å²) in [7, 11) is -3.69. The summed E-state index contributed by atoms with van der Waals surface area (Å²) >= 11 is 12.1. The predicted molar refractivity (Wildman–Crippen MR) is 112 cm³/mol. The van der Waals surface area contributed by atoms with Gasteiger partial charge >= 0.3 is 0 Å². The minimum Gasteiger partial charge on any atom is -0.439 e. The number of halogens is 2. The maximum atomic E-state index is 12.9. The summed E-state index contributed by atoms with van der Waals surface area (Å²) in [6, 6.07) is 14.4. The SMILES string of the molecule is O=S(=O)(c1cccc(Cl)c1Cl)N1CCN(Cc2ncc(-c3ccccc3)o2)CC1. The minimum absolute atomic E-state index is 0.0420. The van der Waals surface area contributed by atoms with Gasteiger partial charge in [0, 0.05) is 31.7 Å². The number of piperazine rings is 1. The van der Waals surface area contributed by atoms with Crippen LogP contribution in [0.3, 0.4) is 0 Å².